The van der Waals surface area contributed by atoms with E-state index in [1.165, 1.54) is 0 Å². The Balaban J connectivity index is 2.21. The molecule has 0 bridgehead atoms. The second kappa shape index (κ2) is 6.08. The normalized spacial score (nSPS) is 12.4. The second-order valence-corrected chi connectivity index (χ2v) is 5.00. The topological polar surface area (TPSA) is 64.1 Å². The van der Waals surface area contributed by atoms with Crippen LogP contribution in [0.4, 0.5) is 0 Å². The van der Waals surface area contributed by atoms with E-state index in [0.29, 0.717) is 12.2 Å². The Labute approximate surface area is 119 Å². The Morgan fingerprint density at radius 3 is 3.00 bits per heavy atom. The highest BCUT2D eigenvalue weighted by atomic mass is 79.9. The number of rotatable bonds is 4. The quantitative estimate of drug-likeness (QED) is 0.936. The van der Waals surface area contributed by atoms with Crippen molar-refractivity contribution in [3.63, 3.8) is 0 Å². The highest BCUT2D eigenvalue weighted by Gasteiger charge is 2.10. The van der Waals surface area contributed by atoms with Crippen molar-refractivity contribution in [2.24, 2.45) is 0 Å². The third kappa shape index (κ3) is 3.27. The number of hydrogen-bond acceptors (Lipinski definition) is 4. The molecule has 2 aromatic heterocycles. The van der Waals surface area contributed by atoms with Crippen LogP contribution in [0, 0.1) is 0 Å². The number of ether oxygens (including phenoxy) is 1. The summed E-state index contributed by atoms with van der Waals surface area (Å²) in [7, 11) is 1.61. The first-order chi connectivity index (χ1) is 9.11. The zero-order chi connectivity index (χ0) is 13.8. The molecule has 0 fully saturated rings. The van der Waals surface area contributed by atoms with Crippen LogP contribution in [0.2, 0.25) is 0 Å². The van der Waals surface area contributed by atoms with E-state index in [2.05, 4.69) is 31.2 Å². The molecule has 6 heteroatoms. The largest absolute Gasteiger partial charge is 0.380 e. The van der Waals surface area contributed by atoms with Gasteiger partial charge in [0.15, 0.2) is 0 Å². The van der Waals surface area contributed by atoms with Gasteiger partial charge in [-0.05, 0) is 35.0 Å². The number of hydrogen-bond donors (Lipinski definition) is 1. The maximum atomic E-state index is 12.0. The lowest BCUT2D eigenvalue weighted by atomic mass is 10.2. The molecule has 19 heavy (non-hydrogen) atoms. The highest BCUT2D eigenvalue weighted by Crippen LogP contribution is 2.20. The van der Waals surface area contributed by atoms with E-state index < -0.39 is 0 Å². The van der Waals surface area contributed by atoms with Crippen LogP contribution in [0.1, 0.15) is 17.4 Å². The van der Waals surface area contributed by atoms with E-state index >= 15 is 0 Å². The van der Waals surface area contributed by atoms with Crippen molar-refractivity contribution in [3.05, 3.63) is 34.7 Å². The van der Waals surface area contributed by atoms with E-state index in [4.69, 9.17) is 4.74 Å². The van der Waals surface area contributed by atoms with E-state index in [0.717, 1.165) is 15.4 Å². The van der Waals surface area contributed by atoms with Gasteiger partial charge in [-0.15, -0.1) is 0 Å². The lowest BCUT2D eigenvalue weighted by Gasteiger charge is -2.10. The van der Waals surface area contributed by atoms with Crippen molar-refractivity contribution in [1.82, 2.24) is 15.3 Å². The van der Waals surface area contributed by atoms with Gasteiger partial charge in [-0.25, -0.2) is 4.98 Å². The molecule has 2 rings (SSSR count). The van der Waals surface area contributed by atoms with Crippen LogP contribution in [0.15, 0.2) is 29.0 Å². The third-order valence-corrected chi connectivity index (χ3v) is 3.32. The van der Waals surface area contributed by atoms with Gasteiger partial charge >= 0.3 is 0 Å². The summed E-state index contributed by atoms with van der Waals surface area (Å²) in [6, 6.07) is 3.51. The molecule has 1 atom stereocenters. The van der Waals surface area contributed by atoms with Gasteiger partial charge in [-0.2, -0.15) is 0 Å². The molecule has 5 nitrogen and oxygen atoms in total. The van der Waals surface area contributed by atoms with E-state index in [-0.39, 0.29) is 12.0 Å². The Bertz CT molecular complexity index is 603. The Hall–Kier alpha value is -1.53. The lowest BCUT2D eigenvalue weighted by Crippen LogP contribution is -2.32. The van der Waals surface area contributed by atoms with Crippen LogP contribution in [0.25, 0.3) is 10.9 Å². The van der Waals surface area contributed by atoms with Gasteiger partial charge < -0.3 is 10.1 Å². The van der Waals surface area contributed by atoms with Crippen molar-refractivity contribution in [2.75, 3.05) is 13.7 Å². The summed E-state index contributed by atoms with van der Waals surface area (Å²) in [6.45, 7) is 2.34. The minimum absolute atomic E-state index is 0.0275. The second-order valence-electron chi connectivity index (χ2n) is 4.15. The number of carbonyl (C=O) groups excluding carboxylic acids is 1. The molecule has 2 aromatic rings. The molecule has 0 aliphatic heterocycles. The molecule has 0 saturated carbocycles. The molecule has 0 spiro atoms. The van der Waals surface area contributed by atoms with Gasteiger partial charge in [0.25, 0.3) is 5.91 Å². The van der Waals surface area contributed by atoms with Gasteiger partial charge in [0, 0.05) is 31.4 Å². The number of nitrogens with zero attached hydrogens (tertiary/aromatic N) is 2. The van der Waals surface area contributed by atoms with Crippen LogP contribution in [-0.4, -0.2) is 35.6 Å². The number of carbonyl (C=O) groups is 1. The summed E-state index contributed by atoms with van der Waals surface area (Å²) in [5.41, 5.74) is 1.10. The van der Waals surface area contributed by atoms with E-state index in [1.807, 2.05) is 13.0 Å². The summed E-state index contributed by atoms with van der Waals surface area (Å²) < 4.78 is 5.84. The summed E-state index contributed by atoms with van der Waals surface area (Å²) in [4.78, 5) is 20.4. The summed E-state index contributed by atoms with van der Waals surface area (Å²) >= 11 is 3.38. The van der Waals surface area contributed by atoms with E-state index in [9.17, 15) is 4.79 Å². The first kappa shape index (κ1) is 13.9. The van der Waals surface area contributed by atoms with Crippen LogP contribution in [-0.2, 0) is 4.74 Å². The van der Waals surface area contributed by atoms with Crippen molar-refractivity contribution in [3.8, 4) is 0 Å². The van der Waals surface area contributed by atoms with Crippen LogP contribution in [0.3, 0.4) is 0 Å². The van der Waals surface area contributed by atoms with E-state index in [1.54, 1.807) is 25.6 Å². The molecule has 1 N–H and O–H groups in total. The van der Waals surface area contributed by atoms with Gasteiger partial charge in [0.1, 0.15) is 5.69 Å². The zero-order valence-corrected chi connectivity index (χ0v) is 12.3. The number of pyridine rings is 2. The van der Waals surface area contributed by atoms with Crippen molar-refractivity contribution in [1.29, 1.82) is 0 Å². The van der Waals surface area contributed by atoms with Gasteiger partial charge in [0.05, 0.1) is 16.1 Å². The van der Waals surface area contributed by atoms with Crippen molar-refractivity contribution < 1.29 is 9.53 Å². The number of aromatic nitrogens is 2. The number of methoxy groups -OCH3 is 1. The fourth-order valence-corrected chi connectivity index (χ4v) is 1.98. The molecule has 1 amide bonds. The summed E-state index contributed by atoms with van der Waals surface area (Å²) in [5, 5.41) is 3.66. The monoisotopic (exact) mass is 323 g/mol. The fourth-order valence-electron chi connectivity index (χ4n) is 1.55. The number of fused-ring (bicyclic) bond motifs is 1. The predicted molar refractivity (Wildman–Crippen MR) is 76.0 cm³/mol. The molecule has 0 saturated heterocycles. The summed E-state index contributed by atoms with van der Waals surface area (Å²) in [5.74, 6) is -0.213. The third-order valence-electron chi connectivity index (χ3n) is 2.74. The average Bonchev–Trinajstić information content (AvgIpc) is 2.44. The SMILES string of the molecule is CO[C@@H](C)CNC(=O)c1ccc2cncc(Br)c2n1. The average molecular weight is 324 g/mol. The Morgan fingerprint density at radius 1 is 1.47 bits per heavy atom. The minimum Gasteiger partial charge on any atom is -0.380 e. The molecule has 0 aliphatic carbocycles. The van der Waals surface area contributed by atoms with Gasteiger partial charge in [0.2, 0.25) is 0 Å². The number of halogens is 1. The maximum absolute atomic E-state index is 12.0. The smallest absolute Gasteiger partial charge is 0.269 e. The molecule has 0 radical (unpaired) electrons. The molecule has 0 aliphatic rings. The Kier molecular flexibility index (Phi) is 4.44. The molecule has 0 aromatic carbocycles. The Morgan fingerprint density at radius 2 is 2.26 bits per heavy atom. The number of nitrogens with one attached hydrogen (secondary N) is 1. The van der Waals surface area contributed by atoms with Crippen molar-refractivity contribution >= 4 is 32.7 Å². The fraction of sp³-hybridized carbons (Fsp3) is 0.308. The van der Waals surface area contributed by atoms with Gasteiger partial charge in [-0.3, -0.25) is 9.78 Å². The maximum Gasteiger partial charge on any atom is 0.269 e. The number of amides is 1. The standard InChI is InChI=1S/C13H14BrN3O2/c1-8(19-2)5-16-13(18)11-4-3-9-6-15-7-10(14)12(9)17-11/h3-4,6-8H,5H2,1-2H3,(H,16,18)/t8-/m0/s1. The van der Waals surface area contributed by atoms with Gasteiger partial charge in [-0.1, -0.05) is 0 Å². The predicted octanol–water partition coefficient (Wildman–Crippen LogP) is 2.16. The van der Waals surface area contributed by atoms with Crippen LogP contribution >= 0.6 is 15.9 Å². The zero-order valence-electron chi connectivity index (χ0n) is 10.7. The molecule has 0 unspecified atom stereocenters. The first-order valence-corrected chi connectivity index (χ1v) is 6.62. The van der Waals surface area contributed by atoms with Crippen LogP contribution < -0.4 is 5.32 Å². The van der Waals surface area contributed by atoms with Crippen molar-refractivity contribution in [2.45, 2.75) is 13.0 Å². The highest BCUT2D eigenvalue weighted by molar-refractivity contribution is 9.10. The van der Waals surface area contributed by atoms with Crippen LogP contribution in [0.5, 0.6) is 0 Å². The molecular formula is C13H14BrN3O2. The summed E-state index contributed by atoms with van der Waals surface area (Å²) in [6.07, 6.45) is 3.34. The molecule has 2 heterocycles. The minimum atomic E-state index is -0.213. The molecular weight excluding hydrogens is 310 g/mol. The lowest BCUT2D eigenvalue weighted by molar-refractivity contribution is 0.0866. The molecule has 100 valence electrons. The first-order valence-electron chi connectivity index (χ1n) is 5.83.